The number of likely N-dealkylation sites (tertiary alicyclic amines) is 1. The summed E-state index contributed by atoms with van der Waals surface area (Å²) in [6.07, 6.45) is 15.3. The van der Waals surface area contributed by atoms with Crippen LogP contribution in [0, 0.1) is 11.6 Å². The highest BCUT2D eigenvalue weighted by atomic mass is 19.1. The first-order valence-corrected chi connectivity index (χ1v) is 19.8. The molecule has 58 heavy (non-hydrogen) atoms. The smallest absolute Gasteiger partial charge is 0.259 e. The quantitative estimate of drug-likeness (QED) is 0.163. The van der Waals surface area contributed by atoms with Crippen molar-refractivity contribution in [2.24, 2.45) is 0 Å². The fourth-order valence-corrected chi connectivity index (χ4v) is 8.33. The van der Waals surface area contributed by atoms with Crippen molar-refractivity contribution in [2.75, 3.05) is 55.9 Å². The topological polar surface area (TPSA) is 95.1 Å². The Morgan fingerprint density at radius 3 is 2.41 bits per heavy atom. The maximum absolute atomic E-state index is 14.6. The molecule has 0 spiro atoms. The van der Waals surface area contributed by atoms with Crippen molar-refractivity contribution in [2.45, 2.75) is 51.0 Å². The second-order valence-electron chi connectivity index (χ2n) is 14.8. The minimum absolute atomic E-state index is 0.0685. The number of hydrogen-bond acceptors (Lipinski definition) is 9. The lowest BCUT2D eigenvalue weighted by molar-refractivity contribution is 0.102. The molecule has 8 rings (SSSR count). The number of carbonyl (C=O) groups is 1. The minimum Gasteiger partial charge on any atom is -0.496 e. The van der Waals surface area contributed by atoms with Gasteiger partial charge in [0, 0.05) is 49.0 Å². The third-order valence-electron chi connectivity index (χ3n) is 11.3. The number of methoxy groups -OCH3 is 2. The van der Waals surface area contributed by atoms with Crippen LogP contribution in [0.4, 0.5) is 36.2 Å². The third-order valence-corrected chi connectivity index (χ3v) is 11.3. The van der Waals surface area contributed by atoms with Crippen LogP contribution in [0.15, 0.2) is 103 Å². The number of anilines is 4. The summed E-state index contributed by atoms with van der Waals surface area (Å²) in [7, 11) is 3.06. The van der Waals surface area contributed by atoms with E-state index >= 15 is 0 Å². The largest absolute Gasteiger partial charge is 0.496 e. The van der Waals surface area contributed by atoms with E-state index in [1.807, 2.05) is 29.2 Å². The van der Waals surface area contributed by atoms with E-state index in [1.165, 1.54) is 57.7 Å². The molecule has 0 aliphatic carbocycles. The molecule has 5 heterocycles. The molecule has 0 bridgehead atoms. The van der Waals surface area contributed by atoms with Gasteiger partial charge in [-0.15, -0.1) is 0 Å². The summed E-state index contributed by atoms with van der Waals surface area (Å²) >= 11 is 0. The molecule has 2 fully saturated rings. The zero-order valence-corrected chi connectivity index (χ0v) is 32.6. The van der Waals surface area contributed by atoms with E-state index in [0.717, 1.165) is 49.3 Å². The summed E-state index contributed by atoms with van der Waals surface area (Å²) in [4.78, 5) is 30.1. The first-order valence-electron chi connectivity index (χ1n) is 19.8. The second kappa shape index (κ2) is 17.2. The van der Waals surface area contributed by atoms with Gasteiger partial charge in [-0.05, 0) is 117 Å². The molecule has 10 nitrogen and oxygen atoms in total. The molecule has 3 aromatic carbocycles. The van der Waals surface area contributed by atoms with Crippen molar-refractivity contribution in [1.29, 1.82) is 0 Å². The molecule has 4 aromatic rings. The van der Waals surface area contributed by atoms with Gasteiger partial charge in [0.05, 0.1) is 36.9 Å². The molecule has 2 N–H and O–H groups in total. The SMILES string of the molecule is COc1cc(N2CCC(N3CCCCC3)CC2)ccc1Nc1nccc(C2=C(c3ccc(OC)c(C(=O)Nc4c(F)cccc4F)c3)CCC=C3C=C(F)C=CN32)n1. The van der Waals surface area contributed by atoms with Crippen LogP contribution in [0.5, 0.6) is 11.5 Å². The van der Waals surface area contributed by atoms with Gasteiger partial charge in [-0.3, -0.25) is 4.79 Å². The molecule has 4 aliphatic rings. The summed E-state index contributed by atoms with van der Waals surface area (Å²) < 4.78 is 55.1. The van der Waals surface area contributed by atoms with Crippen LogP contribution >= 0.6 is 0 Å². The number of rotatable bonds is 10. The number of aromatic nitrogens is 2. The normalized spacial score (nSPS) is 17.6. The Morgan fingerprint density at radius 1 is 0.879 bits per heavy atom. The average molecular weight is 790 g/mol. The number of para-hydroxylation sites is 1. The van der Waals surface area contributed by atoms with Gasteiger partial charge in [0.2, 0.25) is 5.95 Å². The van der Waals surface area contributed by atoms with E-state index in [2.05, 4.69) is 31.5 Å². The van der Waals surface area contributed by atoms with E-state index < -0.39 is 23.2 Å². The number of nitrogens with zero attached hydrogens (tertiary/aromatic N) is 5. The zero-order chi connectivity index (χ0) is 40.2. The number of ether oxygens (including phenoxy) is 2. The van der Waals surface area contributed by atoms with Crippen LogP contribution in [-0.2, 0) is 0 Å². The molecule has 0 unspecified atom stereocenters. The first kappa shape index (κ1) is 38.8. The predicted octanol–water partition coefficient (Wildman–Crippen LogP) is 9.45. The number of allylic oxidation sites excluding steroid dienone is 5. The first-order chi connectivity index (χ1) is 28.3. The van der Waals surface area contributed by atoms with E-state index in [9.17, 15) is 18.0 Å². The van der Waals surface area contributed by atoms with Gasteiger partial charge in [-0.2, -0.15) is 0 Å². The third kappa shape index (κ3) is 8.17. The van der Waals surface area contributed by atoms with Crippen LogP contribution in [-0.4, -0.2) is 72.1 Å². The Balaban J connectivity index is 1.10. The molecule has 13 heteroatoms. The Hall–Kier alpha value is -6.08. The molecule has 0 radical (unpaired) electrons. The van der Waals surface area contributed by atoms with Crippen LogP contribution in [0.2, 0.25) is 0 Å². The highest BCUT2D eigenvalue weighted by Gasteiger charge is 2.28. The van der Waals surface area contributed by atoms with Gasteiger partial charge < -0.3 is 34.8 Å². The Morgan fingerprint density at radius 2 is 1.66 bits per heavy atom. The molecule has 0 saturated carbocycles. The average Bonchev–Trinajstić information content (AvgIpc) is 3.44. The maximum Gasteiger partial charge on any atom is 0.259 e. The monoisotopic (exact) mass is 789 g/mol. The number of piperidine rings is 2. The van der Waals surface area contributed by atoms with Crippen LogP contribution in [0.25, 0.3) is 11.3 Å². The highest BCUT2D eigenvalue weighted by molar-refractivity contribution is 6.07. The van der Waals surface area contributed by atoms with Crippen molar-refractivity contribution in [3.05, 3.63) is 131 Å². The fraction of sp³-hybridized carbons (Fsp3) is 0.311. The van der Waals surface area contributed by atoms with Gasteiger partial charge in [0.25, 0.3) is 5.91 Å². The van der Waals surface area contributed by atoms with E-state index in [0.29, 0.717) is 58.9 Å². The Bertz CT molecular complexity index is 2290. The molecule has 0 atom stereocenters. The summed E-state index contributed by atoms with van der Waals surface area (Å²) in [6.45, 7) is 4.41. The summed E-state index contributed by atoms with van der Waals surface area (Å²) in [6, 6.07) is 17.0. The number of amides is 1. The second-order valence-corrected chi connectivity index (χ2v) is 14.8. The molecule has 1 aromatic heterocycles. The van der Waals surface area contributed by atoms with Crippen LogP contribution in [0.1, 0.15) is 66.6 Å². The number of carbonyl (C=O) groups excluding carboxylic acids is 1. The predicted molar refractivity (Wildman–Crippen MR) is 221 cm³/mol. The van der Waals surface area contributed by atoms with Crippen molar-refractivity contribution in [1.82, 2.24) is 19.8 Å². The highest BCUT2D eigenvalue weighted by Crippen LogP contribution is 2.41. The van der Waals surface area contributed by atoms with E-state index in [4.69, 9.17) is 14.5 Å². The summed E-state index contributed by atoms with van der Waals surface area (Å²) in [5.41, 5.74) is 4.53. The minimum atomic E-state index is -0.905. The number of halogens is 3. The van der Waals surface area contributed by atoms with Gasteiger partial charge in [-0.25, -0.2) is 23.1 Å². The number of benzene rings is 3. The molecule has 2 saturated heterocycles. The molecular weight excluding hydrogens is 744 g/mol. The number of nitrogens with one attached hydrogen (secondary N) is 2. The lowest BCUT2D eigenvalue weighted by atomic mass is 9.95. The lowest BCUT2D eigenvalue weighted by Gasteiger charge is -2.41. The molecule has 1 amide bonds. The van der Waals surface area contributed by atoms with Gasteiger partial charge in [0.15, 0.2) is 0 Å². The zero-order valence-electron chi connectivity index (χ0n) is 32.6. The summed E-state index contributed by atoms with van der Waals surface area (Å²) in [5.74, 6) is -1.77. The van der Waals surface area contributed by atoms with E-state index in [1.54, 1.807) is 37.7 Å². The standard InChI is InChI=1S/C45H46F3N7O3/c1-57-40-15-12-29(26-35(40)44(56)52-42-36(47)10-7-11-37(42)48)34-9-6-8-33-27-30(46)17-25-55(33)43(34)39-16-20-49-45(51-39)50-38-14-13-32(28-41(38)58-2)54-23-18-31(19-24-54)53-21-4-3-5-22-53/h7-8,10-17,20,25-28,31H,3-6,9,18-19,21-24H2,1-2H3,(H,52,56)(H,49,50,51). The number of fused-ring (bicyclic) bond motifs is 1. The van der Waals surface area contributed by atoms with E-state index in [-0.39, 0.29) is 17.1 Å². The van der Waals surface area contributed by atoms with Crippen molar-refractivity contribution in [3.63, 3.8) is 0 Å². The van der Waals surface area contributed by atoms with Crippen LogP contribution in [0.3, 0.4) is 0 Å². The van der Waals surface area contributed by atoms with Crippen LogP contribution < -0.4 is 25.0 Å². The van der Waals surface area contributed by atoms with Crippen molar-refractivity contribution < 1.29 is 27.4 Å². The Kier molecular flexibility index (Phi) is 11.5. The van der Waals surface area contributed by atoms with Crippen molar-refractivity contribution in [3.8, 4) is 11.5 Å². The van der Waals surface area contributed by atoms with Gasteiger partial charge >= 0.3 is 0 Å². The Labute approximate surface area is 336 Å². The molecular formula is C45H46F3N7O3. The molecule has 4 aliphatic heterocycles. The van der Waals surface area contributed by atoms with Gasteiger partial charge in [-0.1, -0.05) is 24.6 Å². The van der Waals surface area contributed by atoms with Crippen molar-refractivity contribution >= 4 is 40.2 Å². The number of hydrogen-bond donors (Lipinski definition) is 2. The maximum atomic E-state index is 14.6. The summed E-state index contributed by atoms with van der Waals surface area (Å²) in [5, 5.41) is 5.73. The molecule has 300 valence electrons. The fourth-order valence-electron chi connectivity index (χ4n) is 8.33. The van der Waals surface area contributed by atoms with Gasteiger partial charge in [0.1, 0.15) is 34.6 Å². The lowest BCUT2D eigenvalue weighted by Crippen LogP contribution is -2.46.